The fraction of sp³-hybridized carbons (Fsp3) is 0.909. The molecule has 0 saturated carbocycles. The standard InChI is InChI=1S/C11H22O4/c1-8(2)6-14-10(4)15-7-9(3)11(12)13-5/h8-10H,6-7H2,1-5H3/t9-,10?/m0/s1. The van der Waals surface area contributed by atoms with Crippen molar-refractivity contribution >= 4 is 5.97 Å². The molecule has 0 saturated heterocycles. The minimum Gasteiger partial charge on any atom is -0.469 e. The molecular formula is C11H22O4. The number of methoxy groups -OCH3 is 1. The van der Waals surface area contributed by atoms with Crippen molar-refractivity contribution in [2.24, 2.45) is 11.8 Å². The molecule has 0 fully saturated rings. The smallest absolute Gasteiger partial charge is 0.310 e. The van der Waals surface area contributed by atoms with Gasteiger partial charge < -0.3 is 14.2 Å². The van der Waals surface area contributed by atoms with E-state index in [0.717, 1.165) is 0 Å². The first-order chi connectivity index (χ1) is 6.97. The summed E-state index contributed by atoms with van der Waals surface area (Å²) in [5.74, 6) is -0.0276. The molecule has 4 heteroatoms. The molecule has 1 unspecified atom stereocenters. The van der Waals surface area contributed by atoms with Crippen LogP contribution in [0.4, 0.5) is 0 Å². The van der Waals surface area contributed by atoms with Crippen LogP contribution in [-0.2, 0) is 19.0 Å². The lowest BCUT2D eigenvalue weighted by Gasteiger charge is -2.17. The third-order valence-corrected chi connectivity index (χ3v) is 1.85. The molecule has 0 heterocycles. The summed E-state index contributed by atoms with van der Waals surface area (Å²) in [6.07, 6.45) is -0.278. The Morgan fingerprint density at radius 2 is 1.60 bits per heavy atom. The summed E-state index contributed by atoms with van der Waals surface area (Å²) in [6.45, 7) is 8.72. The van der Waals surface area contributed by atoms with Gasteiger partial charge in [-0.05, 0) is 19.8 Å². The minimum absolute atomic E-state index is 0.250. The molecule has 15 heavy (non-hydrogen) atoms. The van der Waals surface area contributed by atoms with Crippen molar-refractivity contribution in [1.29, 1.82) is 0 Å². The highest BCUT2D eigenvalue weighted by molar-refractivity contribution is 5.71. The Labute approximate surface area is 91.9 Å². The number of hydrogen-bond donors (Lipinski definition) is 0. The second-order valence-corrected chi connectivity index (χ2v) is 4.05. The third kappa shape index (κ3) is 7.33. The van der Waals surface area contributed by atoms with Crippen molar-refractivity contribution < 1.29 is 19.0 Å². The van der Waals surface area contributed by atoms with Crippen LogP contribution in [0.15, 0.2) is 0 Å². The molecule has 0 aromatic rings. The van der Waals surface area contributed by atoms with E-state index < -0.39 is 0 Å². The van der Waals surface area contributed by atoms with Crippen molar-refractivity contribution in [1.82, 2.24) is 0 Å². The quantitative estimate of drug-likeness (QED) is 0.483. The maximum absolute atomic E-state index is 11.0. The van der Waals surface area contributed by atoms with Gasteiger partial charge in [-0.3, -0.25) is 4.79 Å². The van der Waals surface area contributed by atoms with E-state index in [2.05, 4.69) is 18.6 Å². The molecule has 0 spiro atoms. The van der Waals surface area contributed by atoms with Gasteiger partial charge in [0.1, 0.15) is 0 Å². The molecule has 0 rings (SSSR count). The molecule has 0 aromatic carbocycles. The SMILES string of the molecule is COC(=O)[C@@H](C)COC(C)OCC(C)C. The van der Waals surface area contributed by atoms with Gasteiger partial charge in [-0.25, -0.2) is 0 Å². The van der Waals surface area contributed by atoms with Crippen LogP contribution < -0.4 is 0 Å². The van der Waals surface area contributed by atoms with E-state index >= 15 is 0 Å². The van der Waals surface area contributed by atoms with E-state index in [-0.39, 0.29) is 18.2 Å². The number of rotatable bonds is 7. The van der Waals surface area contributed by atoms with Gasteiger partial charge in [0.15, 0.2) is 6.29 Å². The van der Waals surface area contributed by atoms with E-state index in [4.69, 9.17) is 9.47 Å². The van der Waals surface area contributed by atoms with E-state index in [1.807, 2.05) is 6.92 Å². The molecule has 0 aliphatic carbocycles. The van der Waals surface area contributed by atoms with Crippen LogP contribution in [0.1, 0.15) is 27.7 Å². The minimum atomic E-state index is -0.278. The first-order valence-corrected chi connectivity index (χ1v) is 5.28. The summed E-state index contributed by atoms with van der Waals surface area (Å²) < 4.78 is 15.3. The lowest BCUT2D eigenvalue weighted by Crippen LogP contribution is -2.23. The van der Waals surface area contributed by atoms with Crippen molar-refractivity contribution in [2.45, 2.75) is 34.0 Å². The van der Waals surface area contributed by atoms with Crippen LogP contribution in [0.25, 0.3) is 0 Å². The van der Waals surface area contributed by atoms with Crippen molar-refractivity contribution in [2.75, 3.05) is 20.3 Å². The summed E-state index contributed by atoms with van der Waals surface area (Å²) in [5.41, 5.74) is 0. The molecule has 4 nitrogen and oxygen atoms in total. The Morgan fingerprint density at radius 1 is 1.07 bits per heavy atom. The summed E-state index contributed by atoms with van der Waals surface area (Å²) in [5, 5.41) is 0. The normalized spacial score (nSPS) is 15.1. The molecule has 0 amide bonds. The predicted molar refractivity (Wildman–Crippen MR) is 57.4 cm³/mol. The Bertz CT molecular complexity index is 179. The fourth-order valence-electron chi connectivity index (χ4n) is 0.925. The van der Waals surface area contributed by atoms with Gasteiger partial charge in [0.2, 0.25) is 0 Å². The van der Waals surface area contributed by atoms with E-state index in [0.29, 0.717) is 19.1 Å². The van der Waals surface area contributed by atoms with E-state index in [9.17, 15) is 4.79 Å². The lowest BCUT2D eigenvalue weighted by molar-refractivity contribution is -0.161. The van der Waals surface area contributed by atoms with E-state index in [1.165, 1.54) is 7.11 Å². The molecule has 0 aliphatic rings. The molecule has 0 radical (unpaired) electrons. The second kappa shape index (κ2) is 7.65. The first-order valence-electron chi connectivity index (χ1n) is 5.28. The molecule has 0 aliphatic heterocycles. The van der Waals surface area contributed by atoms with Gasteiger partial charge in [0.05, 0.1) is 26.2 Å². The Morgan fingerprint density at radius 3 is 2.07 bits per heavy atom. The highest BCUT2D eigenvalue weighted by atomic mass is 16.7. The van der Waals surface area contributed by atoms with Gasteiger partial charge in [-0.2, -0.15) is 0 Å². The van der Waals surface area contributed by atoms with Crippen LogP contribution >= 0.6 is 0 Å². The number of carbonyl (C=O) groups is 1. The molecular weight excluding hydrogens is 196 g/mol. The van der Waals surface area contributed by atoms with Crippen LogP contribution in [0.2, 0.25) is 0 Å². The van der Waals surface area contributed by atoms with Crippen molar-refractivity contribution in [3.05, 3.63) is 0 Å². The van der Waals surface area contributed by atoms with Crippen LogP contribution in [0.3, 0.4) is 0 Å². The zero-order valence-corrected chi connectivity index (χ0v) is 10.3. The Hall–Kier alpha value is -0.610. The van der Waals surface area contributed by atoms with Crippen LogP contribution in [0, 0.1) is 11.8 Å². The summed E-state index contributed by atoms with van der Waals surface area (Å²) in [6, 6.07) is 0. The molecule has 0 aromatic heterocycles. The largest absolute Gasteiger partial charge is 0.469 e. The number of carbonyl (C=O) groups excluding carboxylic acids is 1. The fourth-order valence-corrected chi connectivity index (χ4v) is 0.925. The number of ether oxygens (including phenoxy) is 3. The lowest BCUT2D eigenvalue weighted by atomic mass is 10.2. The van der Waals surface area contributed by atoms with Crippen LogP contribution in [-0.4, -0.2) is 32.6 Å². The monoisotopic (exact) mass is 218 g/mol. The van der Waals surface area contributed by atoms with Gasteiger partial charge in [-0.1, -0.05) is 13.8 Å². The topological polar surface area (TPSA) is 44.8 Å². The van der Waals surface area contributed by atoms with Gasteiger partial charge in [-0.15, -0.1) is 0 Å². The maximum Gasteiger partial charge on any atom is 0.310 e. The number of hydrogen-bond acceptors (Lipinski definition) is 4. The zero-order valence-electron chi connectivity index (χ0n) is 10.3. The Balaban J connectivity index is 3.61. The first kappa shape index (κ1) is 14.4. The highest BCUT2D eigenvalue weighted by Gasteiger charge is 2.14. The maximum atomic E-state index is 11.0. The Kier molecular flexibility index (Phi) is 7.34. The van der Waals surface area contributed by atoms with Gasteiger partial charge in [0.25, 0.3) is 0 Å². The zero-order chi connectivity index (χ0) is 11.8. The molecule has 0 N–H and O–H groups in total. The summed E-state index contributed by atoms with van der Waals surface area (Å²) in [7, 11) is 1.37. The second-order valence-electron chi connectivity index (χ2n) is 4.05. The number of esters is 1. The van der Waals surface area contributed by atoms with Gasteiger partial charge in [0, 0.05) is 0 Å². The van der Waals surface area contributed by atoms with Crippen LogP contribution in [0.5, 0.6) is 0 Å². The van der Waals surface area contributed by atoms with Gasteiger partial charge >= 0.3 is 5.97 Å². The average molecular weight is 218 g/mol. The molecule has 90 valence electrons. The third-order valence-electron chi connectivity index (χ3n) is 1.85. The molecule has 0 bridgehead atoms. The van der Waals surface area contributed by atoms with Crippen molar-refractivity contribution in [3.8, 4) is 0 Å². The highest BCUT2D eigenvalue weighted by Crippen LogP contribution is 2.04. The van der Waals surface area contributed by atoms with Crippen molar-refractivity contribution in [3.63, 3.8) is 0 Å². The summed E-state index contributed by atoms with van der Waals surface area (Å²) in [4.78, 5) is 11.0. The average Bonchev–Trinajstić information content (AvgIpc) is 2.21. The summed E-state index contributed by atoms with van der Waals surface area (Å²) >= 11 is 0. The van der Waals surface area contributed by atoms with E-state index in [1.54, 1.807) is 6.92 Å². The molecule has 2 atom stereocenters. The predicted octanol–water partition coefficient (Wildman–Crippen LogP) is 1.83.